The zero-order valence-corrected chi connectivity index (χ0v) is 15.5. The van der Waals surface area contributed by atoms with E-state index in [0.717, 1.165) is 5.56 Å². The Bertz CT molecular complexity index is 758. The summed E-state index contributed by atoms with van der Waals surface area (Å²) in [6.45, 7) is 2.15. The minimum Gasteiger partial charge on any atom is -0.345 e. The van der Waals surface area contributed by atoms with Crippen molar-refractivity contribution >= 4 is 17.5 Å². The first-order chi connectivity index (χ1) is 12.3. The van der Waals surface area contributed by atoms with E-state index in [2.05, 4.69) is 5.32 Å². The van der Waals surface area contributed by atoms with E-state index in [9.17, 15) is 14.0 Å². The van der Waals surface area contributed by atoms with Crippen LogP contribution in [0, 0.1) is 5.82 Å². The number of rotatable bonds is 6. The van der Waals surface area contributed by atoms with Crippen molar-refractivity contribution in [3.05, 3.63) is 65.5 Å². The smallest absolute Gasteiger partial charge is 0.253 e. The lowest BCUT2D eigenvalue weighted by Crippen LogP contribution is -2.32. The van der Waals surface area contributed by atoms with E-state index in [1.54, 1.807) is 50.5 Å². The lowest BCUT2D eigenvalue weighted by molar-refractivity contribution is -0.117. The Morgan fingerprint density at radius 1 is 1.00 bits per heavy atom. The highest BCUT2D eigenvalue weighted by atomic mass is 19.1. The summed E-state index contributed by atoms with van der Waals surface area (Å²) in [5.74, 6) is -0.526. The fourth-order valence-corrected chi connectivity index (χ4v) is 2.51. The molecule has 0 saturated carbocycles. The first-order valence-corrected chi connectivity index (χ1v) is 8.35. The molecule has 2 amide bonds. The van der Waals surface area contributed by atoms with E-state index >= 15 is 0 Å². The highest BCUT2D eigenvalue weighted by molar-refractivity contribution is 5.96. The summed E-state index contributed by atoms with van der Waals surface area (Å²) < 4.78 is 13.0. The van der Waals surface area contributed by atoms with Crippen molar-refractivity contribution in [3.63, 3.8) is 0 Å². The van der Waals surface area contributed by atoms with Crippen LogP contribution in [0.25, 0.3) is 0 Å². The number of nitrogens with zero attached hydrogens (tertiary/aromatic N) is 2. The maximum Gasteiger partial charge on any atom is 0.253 e. The van der Waals surface area contributed by atoms with Crippen LogP contribution >= 0.6 is 0 Å². The number of halogens is 1. The maximum absolute atomic E-state index is 13.0. The second kappa shape index (κ2) is 8.58. The van der Waals surface area contributed by atoms with Crippen LogP contribution in [0.2, 0.25) is 0 Å². The van der Waals surface area contributed by atoms with Gasteiger partial charge in [-0.15, -0.1) is 0 Å². The molecule has 0 fully saturated rings. The average molecular weight is 357 g/mol. The molecule has 0 aromatic heterocycles. The number of hydrogen-bond donors (Lipinski definition) is 1. The van der Waals surface area contributed by atoms with E-state index in [-0.39, 0.29) is 30.2 Å². The van der Waals surface area contributed by atoms with Crippen molar-refractivity contribution in [3.8, 4) is 0 Å². The molecule has 1 unspecified atom stereocenters. The first-order valence-electron chi connectivity index (χ1n) is 8.35. The molecule has 0 radical (unpaired) electrons. The van der Waals surface area contributed by atoms with Gasteiger partial charge in [-0.3, -0.25) is 14.5 Å². The van der Waals surface area contributed by atoms with Crippen molar-refractivity contribution in [2.75, 3.05) is 33.0 Å². The number of amides is 2. The third-order valence-corrected chi connectivity index (χ3v) is 4.23. The van der Waals surface area contributed by atoms with Crippen LogP contribution in [0.3, 0.4) is 0 Å². The first kappa shape index (κ1) is 19.6. The Labute approximate surface area is 153 Å². The number of nitrogens with one attached hydrogen (secondary N) is 1. The van der Waals surface area contributed by atoms with Crippen LogP contribution in [-0.2, 0) is 4.79 Å². The molecule has 2 rings (SSSR count). The van der Waals surface area contributed by atoms with Gasteiger partial charge >= 0.3 is 0 Å². The Morgan fingerprint density at radius 3 is 2.12 bits per heavy atom. The van der Waals surface area contributed by atoms with Crippen molar-refractivity contribution in [2.45, 2.75) is 13.0 Å². The zero-order valence-electron chi connectivity index (χ0n) is 15.5. The number of carbonyl (C=O) groups excluding carboxylic acids is 2. The lowest BCUT2D eigenvalue weighted by atomic mass is 10.1. The van der Waals surface area contributed by atoms with Crippen molar-refractivity contribution < 1.29 is 14.0 Å². The fourth-order valence-electron chi connectivity index (χ4n) is 2.51. The summed E-state index contributed by atoms with van der Waals surface area (Å²) in [6, 6.07) is 13.0. The van der Waals surface area contributed by atoms with Gasteiger partial charge in [0.25, 0.3) is 5.91 Å². The van der Waals surface area contributed by atoms with Crippen molar-refractivity contribution in [1.29, 1.82) is 0 Å². The van der Waals surface area contributed by atoms with Crippen LogP contribution in [0.5, 0.6) is 0 Å². The zero-order chi connectivity index (χ0) is 19.3. The van der Waals surface area contributed by atoms with E-state index in [1.165, 1.54) is 17.0 Å². The molecular formula is C20H24FN3O2. The molecule has 138 valence electrons. The highest BCUT2D eigenvalue weighted by Gasteiger charge is 2.15. The van der Waals surface area contributed by atoms with Gasteiger partial charge in [0.05, 0.1) is 6.54 Å². The molecule has 0 spiro atoms. The van der Waals surface area contributed by atoms with Crippen LogP contribution in [0.4, 0.5) is 10.1 Å². The molecule has 5 nitrogen and oxygen atoms in total. The number of carbonyl (C=O) groups is 2. The number of benzene rings is 2. The van der Waals surface area contributed by atoms with Gasteiger partial charge in [0.1, 0.15) is 5.82 Å². The Morgan fingerprint density at radius 2 is 1.58 bits per heavy atom. The Hall–Kier alpha value is -2.73. The van der Waals surface area contributed by atoms with E-state index in [4.69, 9.17) is 0 Å². The molecule has 0 heterocycles. The van der Waals surface area contributed by atoms with Crippen molar-refractivity contribution in [1.82, 2.24) is 9.80 Å². The standard InChI is InChI=1S/C20H24FN3O2/c1-14(15-5-9-17(21)10-6-15)24(4)13-19(25)22-18-11-7-16(8-12-18)20(26)23(2)3/h5-12,14H,13H2,1-4H3,(H,22,25). The molecule has 6 heteroatoms. The van der Waals surface area contributed by atoms with Crippen LogP contribution in [0.1, 0.15) is 28.9 Å². The molecule has 0 bridgehead atoms. The largest absolute Gasteiger partial charge is 0.345 e. The number of likely N-dealkylation sites (N-methyl/N-ethyl adjacent to an activating group) is 1. The van der Waals surface area contributed by atoms with Crippen LogP contribution in [-0.4, -0.2) is 49.3 Å². The van der Waals surface area contributed by atoms with Gasteiger partial charge in [0.2, 0.25) is 5.91 Å². The van der Waals surface area contributed by atoms with E-state index in [0.29, 0.717) is 11.3 Å². The summed E-state index contributed by atoms with van der Waals surface area (Å²) in [5, 5.41) is 2.82. The van der Waals surface area contributed by atoms with Gasteiger partial charge < -0.3 is 10.2 Å². The predicted octanol–water partition coefficient (Wildman–Crippen LogP) is 3.16. The van der Waals surface area contributed by atoms with Gasteiger partial charge in [-0.05, 0) is 55.9 Å². The molecule has 2 aromatic rings. The average Bonchev–Trinajstić information content (AvgIpc) is 2.61. The van der Waals surface area contributed by atoms with E-state index in [1.807, 2.05) is 18.9 Å². The normalized spacial score (nSPS) is 11.9. The third kappa shape index (κ3) is 5.13. The topological polar surface area (TPSA) is 52.7 Å². The quantitative estimate of drug-likeness (QED) is 0.864. The van der Waals surface area contributed by atoms with Gasteiger partial charge in [0, 0.05) is 31.4 Å². The molecule has 2 aromatic carbocycles. The van der Waals surface area contributed by atoms with Gasteiger partial charge in [-0.2, -0.15) is 0 Å². The summed E-state index contributed by atoms with van der Waals surface area (Å²) in [7, 11) is 5.22. The summed E-state index contributed by atoms with van der Waals surface area (Å²) >= 11 is 0. The summed E-state index contributed by atoms with van der Waals surface area (Å²) in [5.41, 5.74) is 2.14. The molecule has 26 heavy (non-hydrogen) atoms. The highest BCUT2D eigenvalue weighted by Crippen LogP contribution is 2.19. The van der Waals surface area contributed by atoms with Crippen LogP contribution < -0.4 is 5.32 Å². The van der Waals surface area contributed by atoms with Crippen LogP contribution in [0.15, 0.2) is 48.5 Å². The Balaban J connectivity index is 1.93. The minimum absolute atomic E-state index is 0.0264. The molecule has 0 aliphatic carbocycles. The second-order valence-electron chi connectivity index (χ2n) is 6.47. The van der Waals surface area contributed by atoms with Gasteiger partial charge in [0.15, 0.2) is 0 Å². The Kier molecular flexibility index (Phi) is 6.46. The SMILES string of the molecule is CC(c1ccc(F)cc1)N(C)CC(=O)Nc1ccc(C(=O)N(C)C)cc1. The predicted molar refractivity (Wildman–Crippen MR) is 101 cm³/mol. The number of hydrogen-bond acceptors (Lipinski definition) is 3. The minimum atomic E-state index is -0.280. The molecular weight excluding hydrogens is 333 g/mol. The monoisotopic (exact) mass is 357 g/mol. The van der Waals surface area contributed by atoms with Gasteiger partial charge in [-0.25, -0.2) is 4.39 Å². The third-order valence-electron chi connectivity index (χ3n) is 4.23. The lowest BCUT2D eigenvalue weighted by Gasteiger charge is -2.24. The maximum atomic E-state index is 13.0. The fraction of sp³-hybridized carbons (Fsp3) is 0.300. The molecule has 0 saturated heterocycles. The molecule has 1 N–H and O–H groups in total. The molecule has 0 aliphatic heterocycles. The number of anilines is 1. The second-order valence-corrected chi connectivity index (χ2v) is 6.47. The molecule has 1 atom stereocenters. The van der Waals surface area contributed by atoms with Crippen molar-refractivity contribution in [2.24, 2.45) is 0 Å². The van der Waals surface area contributed by atoms with E-state index < -0.39 is 0 Å². The summed E-state index contributed by atoms with van der Waals surface area (Å²) in [6.07, 6.45) is 0. The van der Waals surface area contributed by atoms with Gasteiger partial charge in [-0.1, -0.05) is 12.1 Å². The molecule has 0 aliphatic rings. The summed E-state index contributed by atoms with van der Waals surface area (Å²) in [4.78, 5) is 27.5.